The number of hydrogen-bond donors (Lipinski definition) is 0. The molecule has 0 atom stereocenters. The van der Waals surface area contributed by atoms with Crippen molar-refractivity contribution in [2.45, 2.75) is 0 Å². The van der Waals surface area contributed by atoms with E-state index in [1.54, 1.807) is 28.4 Å². The molecule has 34 heavy (non-hydrogen) atoms. The molecule has 4 rings (SSSR count). The van der Waals surface area contributed by atoms with Crippen molar-refractivity contribution < 1.29 is 18.9 Å². The Balaban J connectivity index is 1.79. The van der Waals surface area contributed by atoms with E-state index in [-0.39, 0.29) is 0 Å². The summed E-state index contributed by atoms with van der Waals surface area (Å²) >= 11 is 0. The van der Waals surface area contributed by atoms with Gasteiger partial charge in [-0.15, -0.1) is 0 Å². The van der Waals surface area contributed by atoms with Crippen molar-refractivity contribution in [3.05, 3.63) is 96.1 Å². The Morgan fingerprint density at radius 1 is 0.441 bits per heavy atom. The molecule has 0 aliphatic carbocycles. The third-order valence-corrected chi connectivity index (χ3v) is 5.51. The number of methoxy groups -OCH3 is 4. The highest BCUT2D eigenvalue weighted by Gasteiger charge is 2.09. The van der Waals surface area contributed by atoms with Crippen LogP contribution in [0.1, 0.15) is 11.1 Å². The fourth-order valence-electron chi connectivity index (χ4n) is 3.75. The van der Waals surface area contributed by atoms with E-state index in [4.69, 9.17) is 18.9 Å². The van der Waals surface area contributed by atoms with Crippen LogP contribution in [-0.4, -0.2) is 28.4 Å². The van der Waals surface area contributed by atoms with Gasteiger partial charge in [-0.3, -0.25) is 0 Å². The van der Waals surface area contributed by atoms with Crippen molar-refractivity contribution in [3.63, 3.8) is 0 Å². The Morgan fingerprint density at radius 2 is 0.765 bits per heavy atom. The molecule has 4 nitrogen and oxygen atoms in total. The molecule has 4 aromatic rings. The first-order valence-corrected chi connectivity index (χ1v) is 10.8. The van der Waals surface area contributed by atoms with Gasteiger partial charge in [-0.2, -0.15) is 0 Å². The van der Waals surface area contributed by atoms with Gasteiger partial charge >= 0.3 is 0 Å². The van der Waals surface area contributed by atoms with Crippen molar-refractivity contribution in [1.82, 2.24) is 0 Å². The molecular weight excluding hydrogens is 424 g/mol. The van der Waals surface area contributed by atoms with Gasteiger partial charge in [-0.25, -0.2) is 0 Å². The average molecular weight is 451 g/mol. The molecule has 0 unspecified atom stereocenters. The molecule has 0 fully saturated rings. The average Bonchev–Trinajstić information content (AvgIpc) is 2.91. The fraction of sp³-hybridized carbons (Fsp3) is 0.133. The van der Waals surface area contributed by atoms with E-state index < -0.39 is 0 Å². The van der Waals surface area contributed by atoms with Crippen molar-refractivity contribution in [3.8, 4) is 57.1 Å². The van der Waals surface area contributed by atoms with Crippen molar-refractivity contribution in [1.29, 1.82) is 0 Å². The normalized spacial score (nSPS) is 10.1. The zero-order valence-electron chi connectivity index (χ0n) is 19.7. The van der Waals surface area contributed by atoms with E-state index >= 15 is 0 Å². The molecule has 0 radical (unpaired) electrons. The Kier molecular flexibility index (Phi) is 7.05. The lowest BCUT2D eigenvalue weighted by Crippen LogP contribution is -1.91. The largest absolute Gasteiger partial charge is 0.497 e. The highest BCUT2D eigenvalue weighted by Crippen LogP contribution is 2.33. The number of hydrogen-bond acceptors (Lipinski definition) is 4. The molecule has 0 N–H and O–H groups in total. The Morgan fingerprint density at radius 3 is 1.09 bits per heavy atom. The van der Waals surface area contributed by atoms with Gasteiger partial charge in [0, 0.05) is 23.3 Å². The highest BCUT2D eigenvalue weighted by atomic mass is 16.5. The van der Waals surface area contributed by atoms with Gasteiger partial charge in [0.1, 0.15) is 23.0 Å². The fourth-order valence-corrected chi connectivity index (χ4v) is 3.75. The van der Waals surface area contributed by atoms with Crippen LogP contribution in [0.15, 0.2) is 84.9 Å². The maximum Gasteiger partial charge on any atom is 0.123 e. The van der Waals surface area contributed by atoms with Crippen molar-refractivity contribution in [2.75, 3.05) is 28.4 Å². The van der Waals surface area contributed by atoms with Gasteiger partial charge in [0.25, 0.3) is 0 Å². The minimum atomic E-state index is 0.731. The first-order valence-electron chi connectivity index (χ1n) is 10.8. The van der Waals surface area contributed by atoms with Crippen LogP contribution in [0.4, 0.5) is 0 Å². The Hall–Kier alpha value is -4.36. The van der Waals surface area contributed by atoms with E-state index in [1.165, 1.54) is 0 Å². The van der Waals surface area contributed by atoms with E-state index in [0.29, 0.717) is 0 Å². The molecule has 170 valence electrons. The molecule has 4 aromatic carbocycles. The van der Waals surface area contributed by atoms with Gasteiger partial charge in [0.15, 0.2) is 0 Å². The summed E-state index contributed by atoms with van der Waals surface area (Å²) in [5.74, 6) is 9.68. The summed E-state index contributed by atoms with van der Waals surface area (Å²) in [6, 6.07) is 27.8. The van der Waals surface area contributed by atoms with Crippen LogP contribution < -0.4 is 18.9 Å². The summed E-state index contributed by atoms with van der Waals surface area (Å²) in [6.07, 6.45) is 0. The summed E-state index contributed by atoms with van der Waals surface area (Å²) < 4.78 is 21.8. The van der Waals surface area contributed by atoms with Gasteiger partial charge < -0.3 is 18.9 Å². The summed E-state index contributed by atoms with van der Waals surface area (Å²) in [6.45, 7) is 0. The lowest BCUT2D eigenvalue weighted by Gasteiger charge is -2.11. The molecule has 0 bridgehead atoms. The van der Waals surface area contributed by atoms with Crippen LogP contribution in [0.25, 0.3) is 22.3 Å². The zero-order valence-corrected chi connectivity index (χ0v) is 19.7. The molecule has 0 saturated heterocycles. The zero-order chi connectivity index (χ0) is 23.9. The Labute approximate surface area is 200 Å². The number of rotatable bonds is 6. The smallest absolute Gasteiger partial charge is 0.123 e. The molecule has 4 heteroatoms. The summed E-state index contributed by atoms with van der Waals surface area (Å²) in [4.78, 5) is 0. The molecule has 0 aliphatic rings. The van der Waals surface area contributed by atoms with Crippen molar-refractivity contribution in [2.24, 2.45) is 0 Å². The molecule has 0 saturated carbocycles. The molecule has 0 spiro atoms. The predicted molar refractivity (Wildman–Crippen MR) is 136 cm³/mol. The molecule has 0 aliphatic heterocycles. The first kappa shape index (κ1) is 22.8. The maximum absolute atomic E-state index is 5.45. The van der Waals surface area contributed by atoms with Crippen LogP contribution >= 0.6 is 0 Å². The molecular formula is C30H26O4. The Bertz CT molecular complexity index is 1210. The monoisotopic (exact) mass is 450 g/mol. The SMILES string of the molecule is COc1cc(OC)cc(-c2ccccc2C#Cc2ccccc2-c2cc(OC)cc(OC)c2)c1. The van der Waals surface area contributed by atoms with Crippen LogP contribution in [0.3, 0.4) is 0 Å². The van der Waals surface area contributed by atoms with Crippen LogP contribution in [0.2, 0.25) is 0 Å². The third kappa shape index (κ3) is 5.00. The minimum Gasteiger partial charge on any atom is -0.497 e. The standard InChI is InChI=1S/C30H26O4/c1-31-25-15-23(16-26(19-25)32-2)29-11-7-5-9-21(29)13-14-22-10-6-8-12-30(22)24-17-27(33-3)20-28(18-24)34-4/h5-12,15-20H,1-4H3. The second-order valence-corrected chi connectivity index (χ2v) is 7.54. The maximum atomic E-state index is 5.45. The lowest BCUT2D eigenvalue weighted by atomic mass is 9.97. The topological polar surface area (TPSA) is 36.9 Å². The van der Waals surface area contributed by atoms with Gasteiger partial charge in [0.2, 0.25) is 0 Å². The van der Waals surface area contributed by atoms with Crippen LogP contribution in [0, 0.1) is 11.8 Å². The minimum absolute atomic E-state index is 0.731. The van der Waals surface area contributed by atoms with Gasteiger partial charge in [0.05, 0.1) is 28.4 Å². The van der Waals surface area contributed by atoms with Crippen LogP contribution in [0.5, 0.6) is 23.0 Å². The van der Waals surface area contributed by atoms with E-state index in [0.717, 1.165) is 56.4 Å². The van der Waals surface area contributed by atoms with Gasteiger partial charge in [-0.1, -0.05) is 48.2 Å². The second kappa shape index (κ2) is 10.5. The van der Waals surface area contributed by atoms with Crippen LogP contribution in [-0.2, 0) is 0 Å². The van der Waals surface area contributed by atoms with Crippen molar-refractivity contribution >= 4 is 0 Å². The summed E-state index contributed by atoms with van der Waals surface area (Å²) in [5, 5.41) is 0. The van der Waals surface area contributed by atoms with E-state index in [2.05, 4.69) is 24.0 Å². The quantitative estimate of drug-likeness (QED) is 0.316. The number of benzene rings is 4. The lowest BCUT2D eigenvalue weighted by molar-refractivity contribution is 0.394. The third-order valence-electron chi connectivity index (χ3n) is 5.51. The molecule has 0 amide bonds. The van der Waals surface area contributed by atoms with E-state index in [9.17, 15) is 0 Å². The second-order valence-electron chi connectivity index (χ2n) is 7.54. The first-order chi connectivity index (χ1) is 16.6. The predicted octanol–water partition coefficient (Wildman–Crippen LogP) is 6.45. The molecule has 0 heterocycles. The summed E-state index contributed by atoms with van der Waals surface area (Å²) in [5.41, 5.74) is 5.80. The summed E-state index contributed by atoms with van der Waals surface area (Å²) in [7, 11) is 6.59. The van der Waals surface area contributed by atoms with E-state index in [1.807, 2.05) is 72.8 Å². The molecule has 0 aromatic heterocycles. The highest BCUT2D eigenvalue weighted by molar-refractivity contribution is 5.76. The van der Waals surface area contributed by atoms with Gasteiger partial charge in [-0.05, 0) is 58.7 Å². The number of ether oxygens (including phenoxy) is 4.